The van der Waals surface area contributed by atoms with Crippen LogP contribution in [0.5, 0.6) is 0 Å². The molecule has 0 spiro atoms. The number of imidazole rings is 1. The highest BCUT2D eigenvalue weighted by Crippen LogP contribution is 2.46. The minimum atomic E-state index is -1.03. The Morgan fingerprint density at radius 2 is 1.57 bits per heavy atom. The standard InChI is InChI=1S/C33H52FN5O3/c1-3-5-6-7-8-9-10-11-12-13-14-15-16-17-18-19-20-21-28(41)42-27-22-26(23-33(27,4-2)24-40)39-25-36-29-30(35)37-32(34)38-31(29)39/h2,25-27,40H,3,5-24H2,1H3,(H2,35,37,38)/t26-,27?,33+/m0/s1. The van der Waals surface area contributed by atoms with Gasteiger partial charge in [0.25, 0.3) is 0 Å². The summed E-state index contributed by atoms with van der Waals surface area (Å²) in [5.41, 5.74) is 5.32. The van der Waals surface area contributed by atoms with E-state index in [1.165, 1.54) is 96.2 Å². The van der Waals surface area contributed by atoms with Gasteiger partial charge in [-0.1, -0.05) is 116 Å². The zero-order valence-corrected chi connectivity index (χ0v) is 25.7. The van der Waals surface area contributed by atoms with Gasteiger partial charge in [-0.3, -0.25) is 4.79 Å². The highest BCUT2D eigenvalue weighted by molar-refractivity contribution is 5.81. The summed E-state index contributed by atoms with van der Waals surface area (Å²) in [6.45, 7) is 1.94. The number of halogens is 1. The van der Waals surface area contributed by atoms with Crippen LogP contribution in [0.25, 0.3) is 11.2 Å². The van der Waals surface area contributed by atoms with Crippen LogP contribution in [0, 0.1) is 23.8 Å². The van der Waals surface area contributed by atoms with Crippen LogP contribution in [-0.2, 0) is 9.53 Å². The molecule has 3 N–H and O–H groups in total. The van der Waals surface area contributed by atoms with E-state index in [1.54, 1.807) is 4.57 Å². The summed E-state index contributed by atoms with van der Waals surface area (Å²) in [4.78, 5) is 24.3. The molecule has 2 aromatic rings. The number of aliphatic hydroxyl groups is 1. The van der Waals surface area contributed by atoms with Crippen LogP contribution in [0.15, 0.2) is 6.33 Å². The quantitative estimate of drug-likeness (QED) is 0.0676. The molecule has 0 aromatic carbocycles. The van der Waals surface area contributed by atoms with Crippen molar-refractivity contribution in [1.29, 1.82) is 0 Å². The predicted molar refractivity (Wildman–Crippen MR) is 165 cm³/mol. The first-order chi connectivity index (χ1) is 20.4. The summed E-state index contributed by atoms with van der Waals surface area (Å²) in [7, 11) is 0. The molecule has 234 valence electrons. The van der Waals surface area contributed by atoms with Crippen molar-refractivity contribution in [2.24, 2.45) is 5.41 Å². The van der Waals surface area contributed by atoms with Crippen LogP contribution in [0.3, 0.4) is 0 Å². The third-order valence-corrected chi connectivity index (χ3v) is 8.84. The Bertz CT molecular complexity index is 1130. The molecule has 0 aliphatic heterocycles. The molecule has 2 aromatic heterocycles. The minimum Gasteiger partial charge on any atom is -0.461 e. The first kappa shape index (κ1) is 33.8. The van der Waals surface area contributed by atoms with Crippen LogP contribution >= 0.6 is 0 Å². The van der Waals surface area contributed by atoms with Crippen LogP contribution in [-0.4, -0.2) is 43.3 Å². The second kappa shape index (κ2) is 18.0. The Kier molecular flexibility index (Phi) is 14.5. The molecule has 0 bridgehead atoms. The van der Waals surface area contributed by atoms with Crippen molar-refractivity contribution in [3.8, 4) is 12.3 Å². The molecule has 3 rings (SSSR count). The van der Waals surface area contributed by atoms with Crippen molar-refractivity contribution in [2.75, 3.05) is 12.3 Å². The number of carbonyl (C=O) groups is 1. The van der Waals surface area contributed by atoms with E-state index in [4.69, 9.17) is 16.9 Å². The Morgan fingerprint density at radius 1 is 1.02 bits per heavy atom. The molecule has 42 heavy (non-hydrogen) atoms. The highest BCUT2D eigenvalue weighted by Gasteiger charge is 2.49. The number of anilines is 1. The molecule has 3 atom stereocenters. The largest absolute Gasteiger partial charge is 0.461 e. The molecule has 0 radical (unpaired) electrons. The number of rotatable bonds is 21. The maximum Gasteiger partial charge on any atom is 0.312 e. The van der Waals surface area contributed by atoms with Crippen molar-refractivity contribution < 1.29 is 19.0 Å². The van der Waals surface area contributed by atoms with Crippen molar-refractivity contribution in [3.63, 3.8) is 0 Å². The fraction of sp³-hybridized carbons (Fsp3) is 0.758. The molecule has 1 fully saturated rings. The topological polar surface area (TPSA) is 116 Å². The fourth-order valence-electron chi connectivity index (χ4n) is 6.23. The summed E-state index contributed by atoms with van der Waals surface area (Å²) < 4.78 is 21.3. The van der Waals surface area contributed by atoms with E-state index in [2.05, 4.69) is 27.8 Å². The average Bonchev–Trinajstić information content (AvgIpc) is 3.56. The van der Waals surface area contributed by atoms with E-state index in [1.807, 2.05) is 0 Å². The SMILES string of the molecule is C#C[C@]1(CO)C[C@@H](n2cnc3c(N)nc(F)nc32)CC1OC(=O)CCCCCCCCCCCCCCCCCCC. The van der Waals surface area contributed by atoms with Gasteiger partial charge in [0.2, 0.25) is 0 Å². The number of nitrogens with two attached hydrogens (primary N) is 1. The Hall–Kier alpha value is -2.73. The van der Waals surface area contributed by atoms with E-state index in [-0.39, 0.29) is 30.1 Å². The first-order valence-electron chi connectivity index (χ1n) is 16.4. The minimum absolute atomic E-state index is 0.0447. The zero-order chi connectivity index (χ0) is 30.2. The molecule has 0 saturated heterocycles. The first-order valence-corrected chi connectivity index (χ1v) is 16.4. The van der Waals surface area contributed by atoms with Crippen LogP contribution in [0.1, 0.15) is 141 Å². The van der Waals surface area contributed by atoms with Crippen molar-refractivity contribution in [1.82, 2.24) is 19.5 Å². The fourth-order valence-corrected chi connectivity index (χ4v) is 6.23. The zero-order valence-electron chi connectivity index (χ0n) is 25.7. The molecular formula is C33H52FN5O3. The summed E-state index contributed by atoms with van der Waals surface area (Å²) in [5.74, 6) is 2.33. The van der Waals surface area contributed by atoms with Gasteiger partial charge in [0.1, 0.15) is 11.6 Å². The second-order valence-corrected chi connectivity index (χ2v) is 12.1. The lowest BCUT2D eigenvalue weighted by molar-refractivity contribution is -0.153. The number of carbonyl (C=O) groups excluding carboxylic acids is 1. The summed E-state index contributed by atoms with van der Waals surface area (Å²) in [6, 6.07) is -0.287. The number of aliphatic hydroxyl groups excluding tert-OH is 1. The number of hydrogen-bond acceptors (Lipinski definition) is 7. The summed E-state index contributed by atoms with van der Waals surface area (Å²) >= 11 is 0. The van der Waals surface area contributed by atoms with E-state index in [9.17, 15) is 14.3 Å². The second-order valence-electron chi connectivity index (χ2n) is 12.1. The number of ether oxygens (including phenoxy) is 1. The van der Waals surface area contributed by atoms with Gasteiger partial charge in [-0.05, 0) is 12.8 Å². The van der Waals surface area contributed by atoms with E-state index < -0.39 is 17.6 Å². The Balaban J connectivity index is 1.28. The van der Waals surface area contributed by atoms with Gasteiger partial charge in [0.15, 0.2) is 11.5 Å². The van der Waals surface area contributed by atoms with Crippen LogP contribution < -0.4 is 5.73 Å². The number of unbranched alkanes of at least 4 members (excludes halogenated alkanes) is 16. The molecule has 0 amide bonds. The van der Waals surface area contributed by atoms with Crippen molar-refractivity contribution in [3.05, 3.63) is 12.4 Å². The highest BCUT2D eigenvalue weighted by atomic mass is 19.1. The number of aromatic nitrogens is 4. The third kappa shape index (κ3) is 9.93. The molecule has 9 heteroatoms. The molecule has 1 saturated carbocycles. The normalized spacial score (nSPS) is 20.2. The lowest BCUT2D eigenvalue weighted by Gasteiger charge is -2.27. The molecule has 8 nitrogen and oxygen atoms in total. The van der Waals surface area contributed by atoms with Crippen molar-refractivity contribution in [2.45, 2.75) is 147 Å². The number of terminal acetylenes is 1. The Labute approximate surface area is 251 Å². The lowest BCUT2D eigenvalue weighted by atomic mass is 9.85. The lowest BCUT2D eigenvalue weighted by Crippen LogP contribution is -2.36. The molecule has 1 unspecified atom stereocenters. The molecule has 2 heterocycles. The number of esters is 1. The van der Waals surface area contributed by atoms with Gasteiger partial charge in [-0.25, -0.2) is 4.98 Å². The number of hydrogen-bond donors (Lipinski definition) is 2. The predicted octanol–water partition coefficient (Wildman–Crippen LogP) is 7.45. The maximum atomic E-state index is 13.8. The van der Waals surface area contributed by atoms with Gasteiger partial charge in [0, 0.05) is 18.9 Å². The van der Waals surface area contributed by atoms with Crippen molar-refractivity contribution >= 4 is 23.0 Å². The van der Waals surface area contributed by atoms with Gasteiger partial charge >= 0.3 is 12.0 Å². The van der Waals surface area contributed by atoms with Crippen LogP contribution in [0.2, 0.25) is 0 Å². The van der Waals surface area contributed by atoms with Gasteiger partial charge in [-0.2, -0.15) is 14.4 Å². The molecule has 1 aliphatic carbocycles. The van der Waals surface area contributed by atoms with E-state index in [0.717, 1.165) is 19.3 Å². The van der Waals surface area contributed by atoms with Gasteiger partial charge in [0.05, 0.1) is 18.3 Å². The molecular weight excluding hydrogens is 533 g/mol. The smallest absolute Gasteiger partial charge is 0.312 e. The third-order valence-electron chi connectivity index (χ3n) is 8.84. The van der Waals surface area contributed by atoms with E-state index >= 15 is 0 Å². The monoisotopic (exact) mass is 585 g/mol. The Morgan fingerprint density at radius 3 is 2.10 bits per heavy atom. The van der Waals surface area contributed by atoms with E-state index in [0.29, 0.717) is 24.8 Å². The van der Waals surface area contributed by atoms with Crippen LogP contribution in [0.4, 0.5) is 10.2 Å². The van der Waals surface area contributed by atoms with Gasteiger partial charge in [-0.15, -0.1) is 6.42 Å². The number of fused-ring (bicyclic) bond motifs is 1. The maximum absolute atomic E-state index is 13.8. The number of nitrogens with zero attached hydrogens (tertiary/aromatic N) is 4. The number of nitrogen functional groups attached to an aromatic ring is 1. The average molecular weight is 586 g/mol. The molecule has 1 aliphatic rings. The summed E-state index contributed by atoms with van der Waals surface area (Å²) in [6.07, 6.45) is 28.6. The summed E-state index contributed by atoms with van der Waals surface area (Å²) in [5, 5.41) is 10.2. The van der Waals surface area contributed by atoms with Gasteiger partial charge < -0.3 is 20.1 Å².